The van der Waals surface area contributed by atoms with Crippen LogP contribution < -0.4 is 15.4 Å². The molecule has 2 rings (SSSR count). The minimum Gasteiger partial charge on any atom is -0.495 e. The number of carbonyl (C=O) groups excluding carboxylic acids is 2. The number of anilines is 2. The first kappa shape index (κ1) is 17.9. The molecule has 24 heavy (non-hydrogen) atoms. The van der Waals surface area contributed by atoms with E-state index in [0.717, 1.165) is 4.90 Å². The highest BCUT2D eigenvalue weighted by molar-refractivity contribution is 7.99. The molecule has 0 atom stereocenters. The lowest BCUT2D eigenvalue weighted by Crippen LogP contribution is -2.13. The van der Waals surface area contributed by atoms with Gasteiger partial charge in [-0.15, -0.1) is 11.8 Å². The summed E-state index contributed by atoms with van der Waals surface area (Å²) in [5.41, 5.74) is 1.15. The van der Waals surface area contributed by atoms with Crippen molar-refractivity contribution in [3.8, 4) is 5.75 Å². The molecule has 0 spiro atoms. The van der Waals surface area contributed by atoms with Crippen molar-refractivity contribution in [1.82, 2.24) is 0 Å². The Morgan fingerprint density at radius 2 is 1.83 bits per heavy atom. The third kappa shape index (κ3) is 5.62. The van der Waals surface area contributed by atoms with Crippen LogP contribution >= 0.6 is 11.8 Å². The van der Waals surface area contributed by atoms with Gasteiger partial charge in [-0.2, -0.15) is 0 Å². The first-order valence-electron chi connectivity index (χ1n) is 7.52. The summed E-state index contributed by atoms with van der Waals surface area (Å²) < 4.78 is 5.25. The van der Waals surface area contributed by atoms with Gasteiger partial charge in [-0.3, -0.25) is 9.59 Å². The molecule has 0 aromatic heterocycles. The zero-order chi connectivity index (χ0) is 17.4. The second-order valence-corrected chi connectivity index (χ2v) is 6.22. The van der Waals surface area contributed by atoms with E-state index in [0.29, 0.717) is 29.3 Å². The van der Waals surface area contributed by atoms with Crippen molar-refractivity contribution in [2.75, 3.05) is 23.5 Å². The van der Waals surface area contributed by atoms with E-state index in [2.05, 4.69) is 10.6 Å². The average Bonchev–Trinajstić information content (AvgIpc) is 2.55. The molecule has 2 aromatic rings. The van der Waals surface area contributed by atoms with E-state index in [1.807, 2.05) is 30.3 Å². The summed E-state index contributed by atoms with van der Waals surface area (Å²) in [5, 5.41) is 5.52. The van der Waals surface area contributed by atoms with E-state index in [9.17, 15) is 9.59 Å². The predicted molar refractivity (Wildman–Crippen MR) is 97.7 cm³/mol. The maximum atomic E-state index is 12.1. The molecule has 2 amide bonds. The lowest BCUT2D eigenvalue weighted by molar-refractivity contribution is -0.116. The Kier molecular flexibility index (Phi) is 6.69. The van der Waals surface area contributed by atoms with Crippen LogP contribution in [0.2, 0.25) is 0 Å². The number of ether oxygens (including phenoxy) is 1. The van der Waals surface area contributed by atoms with Crippen LogP contribution in [0.25, 0.3) is 0 Å². The van der Waals surface area contributed by atoms with Gasteiger partial charge in [-0.1, -0.05) is 18.2 Å². The number of hydrogen-bond donors (Lipinski definition) is 2. The second kappa shape index (κ2) is 8.98. The van der Waals surface area contributed by atoms with Crippen LogP contribution in [-0.4, -0.2) is 24.7 Å². The Hall–Kier alpha value is -2.47. The molecular formula is C18H20N2O3S. The number of amides is 2. The highest BCUT2D eigenvalue weighted by Crippen LogP contribution is 2.28. The summed E-state index contributed by atoms with van der Waals surface area (Å²) >= 11 is 1.63. The molecule has 0 saturated carbocycles. The minimum absolute atomic E-state index is 0.100. The van der Waals surface area contributed by atoms with Crippen molar-refractivity contribution in [3.05, 3.63) is 48.5 Å². The summed E-state index contributed by atoms with van der Waals surface area (Å²) in [6.45, 7) is 1.43. The summed E-state index contributed by atoms with van der Waals surface area (Å²) in [6, 6.07) is 15.1. The van der Waals surface area contributed by atoms with E-state index in [-0.39, 0.29) is 11.8 Å². The average molecular weight is 344 g/mol. The van der Waals surface area contributed by atoms with Gasteiger partial charge < -0.3 is 15.4 Å². The third-order valence-electron chi connectivity index (χ3n) is 3.13. The van der Waals surface area contributed by atoms with Crippen LogP contribution in [0, 0.1) is 0 Å². The molecule has 0 fully saturated rings. The van der Waals surface area contributed by atoms with Gasteiger partial charge in [-0.25, -0.2) is 0 Å². The minimum atomic E-state index is -0.170. The summed E-state index contributed by atoms with van der Waals surface area (Å²) in [5.74, 6) is 0.963. The van der Waals surface area contributed by atoms with Gasteiger partial charge in [0, 0.05) is 29.7 Å². The molecule has 0 radical (unpaired) electrons. The summed E-state index contributed by atoms with van der Waals surface area (Å²) in [4.78, 5) is 24.4. The van der Waals surface area contributed by atoms with Gasteiger partial charge >= 0.3 is 0 Å². The fourth-order valence-electron chi connectivity index (χ4n) is 2.08. The molecule has 0 aliphatic heterocycles. The van der Waals surface area contributed by atoms with Crippen molar-refractivity contribution < 1.29 is 14.3 Å². The van der Waals surface area contributed by atoms with Crippen LogP contribution in [0.5, 0.6) is 5.75 Å². The Morgan fingerprint density at radius 1 is 1.08 bits per heavy atom. The molecule has 5 nitrogen and oxygen atoms in total. The van der Waals surface area contributed by atoms with Gasteiger partial charge in [0.2, 0.25) is 11.8 Å². The number of thioether (sulfide) groups is 1. The SMILES string of the molecule is COc1ccc(NC(C)=O)cc1NC(=O)CCSc1ccccc1. The van der Waals surface area contributed by atoms with Crippen LogP contribution in [0.15, 0.2) is 53.4 Å². The standard InChI is InChI=1S/C18H20N2O3S/c1-13(21)19-14-8-9-17(23-2)16(12-14)20-18(22)10-11-24-15-6-4-3-5-7-15/h3-9,12H,10-11H2,1-2H3,(H,19,21)(H,20,22). The van der Waals surface area contributed by atoms with Gasteiger partial charge in [0.05, 0.1) is 12.8 Å². The molecule has 0 aliphatic rings. The number of hydrogen-bond acceptors (Lipinski definition) is 4. The van der Waals surface area contributed by atoms with Gasteiger partial charge in [0.1, 0.15) is 5.75 Å². The number of rotatable bonds is 7. The first-order valence-corrected chi connectivity index (χ1v) is 8.50. The Morgan fingerprint density at radius 3 is 2.50 bits per heavy atom. The van der Waals surface area contributed by atoms with Crippen molar-refractivity contribution in [2.45, 2.75) is 18.2 Å². The predicted octanol–water partition coefficient (Wildman–Crippen LogP) is 3.77. The van der Waals surface area contributed by atoms with E-state index in [1.165, 1.54) is 14.0 Å². The Labute approximate surface area is 145 Å². The molecule has 0 heterocycles. The van der Waals surface area contributed by atoms with Crippen LogP contribution in [0.4, 0.5) is 11.4 Å². The smallest absolute Gasteiger partial charge is 0.225 e. The van der Waals surface area contributed by atoms with E-state index in [4.69, 9.17) is 4.74 Å². The number of methoxy groups -OCH3 is 1. The van der Waals surface area contributed by atoms with Gasteiger partial charge in [-0.05, 0) is 30.3 Å². The molecule has 126 valence electrons. The largest absolute Gasteiger partial charge is 0.495 e. The molecule has 2 N–H and O–H groups in total. The van der Waals surface area contributed by atoms with Gasteiger partial charge in [0.15, 0.2) is 0 Å². The monoisotopic (exact) mass is 344 g/mol. The quantitative estimate of drug-likeness (QED) is 0.750. The fourth-order valence-corrected chi connectivity index (χ4v) is 2.95. The third-order valence-corrected chi connectivity index (χ3v) is 4.15. The molecule has 0 unspecified atom stereocenters. The van der Waals surface area contributed by atoms with Gasteiger partial charge in [0.25, 0.3) is 0 Å². The zero-order valence-electron chi connectivity index (χ0n) is 13.7. The summed E-state index contributed by atoms with van der Waals surface area (Å²) in [6.07, 6.45) is 0.382. The van der Waals surface area contributed by atoms with E-state index < -0.39 is 0 Å². The first-order chi connectivity index (χ1) is 11.6. The van der Waals surface area contributed by atoms with E-state index >= 15 is 0 Å². The van der Waals surface area contributed by atoms with Crippen LogP contribution in [-0.2, 0) is 9.59 Å². The summed E-state index contributed by atoms with van der Waals surface area (Å²) in [7, 11) is 1.54. The maximum absolute atomic E-state index is 12.1. The molecule has 2 aromatic carbocycles. The van der Waals surface area contributed by atoms with Crippen molar-refractivity contribution >= 4 is 35.0 Å². The number of nitrogens with one attached hydrogen (secondary N) is 2. The van der Waals surface area contributed by atoms with Crippen molar-refractivity contribution in [3.63, 3.8) is 0 Å². The van der Waals surface area contributed by atoms with E-state index in [1.54, 1.807) is 30.0 Å². The maximum Gasteiger partial charge on any atom is 0.225 e. The topological polar surface area (TPSA) is 67.4 Å². The van der Waals surface area contributed by atoms with Crippen LogP contribution in [0.1, 0.15) is 13.3 Å². The zero-order valence-corrected chi connectivity index (χ0v) is 14.5. The molecular weight excluding hydrogens is 324 g/mol. The molecule has 0 bridgehead atoms. The fraction of sp³-hybridized carbons (Fsp3) is 0.222. The van der Waals surface area contributed by atoms with Crippen molar-refractivity contribution in [1.29, 1.82) is 0 Å². The Balaban J connectivity index is 1.93. The highest BCUT2D eigenvalue weighted by Gasteiger charge is 2.09. The lowest BCUT2D eigenvalue weighted by Gasteiger charge is -2.12. The number of carbonyl (C=O) groups is 2. The normalized spacial score (nSPS) is 10.1. The second-order valence-electron chi connectivity index (χ2n) is 5.06. The molecule has 6 heteroatoms. The van der Waals surface area contributed by atoms with Crippen molar-refractivity contribution in [2.24, 2.45) is 0 Å². The number of benzene rings is 2. The van der Waals surface area contributed by atoms with Crippen LogP contribution in [0.3, 0.4) is 0 Å². The molecule has 0 aliphatic carbocycles. The lowest BCUT2D eigenvalue weighted by atomic mass is 10.2. The Bertz CT molecular complexity index is 705. The highest BCUT2D eigenvalue weighted by atomic mass is 32.2. The molecule has 0 saturated heterocycles.